The van der Waals surface area contributed by atoms with Crippen molar-refractivity contribution in [2.75, 3.05) is 5.32 Å². The molecule has 3 aromatic rings. The van der Waals surface area contributed by atoms with Crippen LogP contribution in [0.25, 0.3) is 10.8 Å². The molecule has 4 rings (SSSR count). The number of nitro groups is 1. The second-order valence-corrected chi connectivity index (χ2v) is 6.16. The molecule has 0 atom stereocenters. The van der Waals surface area contributed by atoms with E-state index in [-0.39, 0.29) is 5.76 Å². The summed E-state index contributed by atoms with van der Waals surface area (Å²) in [4.78, 5) is 27.1. The van der Waals surface area contributed by atoms with E-state index in [4.69, 9.17) is 8.94 Å². The third-order valence-corrected chi connectivity index (χ3v) is 4.39. The number of hydrogen-bond donors (Lipinski definition) is 1. The van der Waals surface area contributed by atoms with Gasteiger partial charge in [0.2, 0.25) is 0 Å². The number of hydrogen-bond acceptors (Lipinski definition) is 8. The molecule has 24 heavy (non-hydrogen) atoms. The Morgan fingerprint density at radius 3 is 2.92 bits per heavy atom. The van der Waals surface area contributed by atoms with Crippen molar-refractivity contribution < 1.29 is 18.7 Å². The van der Waals surface area contributed by atoms with Gasteiger partial charge in [-0.05, 0) is 30.4 Å². The first-order valence-electron chi connectivity index (χ1n) is 7.09. The van der Waals surface area contributed by atoms with E-state index in [1.54, 1.807) is 11.4 Å². The smallest absolute Gasteiger partial charge is 0.395 e. The zero-order valence-corrected chi connectivity index (χ0v) is 12.9. The maximum atomic E-state index is 12.2. The maximum absolute atomic E-state index is 12.2. The van der Waals surface area contributed by atoms with Gasteiger partial charge in [0, 0.05) is 5.92 Å². The zero-order valence-electron chi connectivity index (χ0n) is 12.1. The number of thiophene rings is 1. The van der Waals surface area contributed by atoms with Crippen LogP contribution in [0.1, 0.15) is 35.1 Å². The van der Waals surface area contributed by atoms with E-state index in [0.717, 1.165) is 18.9 Å². The van der Waals surface area contributed by atoms with Crippen molar-refractivity contribution in [2.24, 2.45) is 0 Å². The van der Waals surface area contributed by atoms with Gasteiger partial charge < -0.3 is 14.3 Å². The number of carbonyl (C=O) groups is 1. The highest BCUT2D eigenvalue weighted by atomic mass is 32.1. The van der Waals surface area contributed by atoms with Gasteiger partial charge in [-0.25, -0.2) is 0 Å². The quantitative estimate of drug-likeness (QED) is 0.554. The van der Waals surface area contributed by atoms with E-state index < -0.39 is 16.7 Å². The molecule has 1 saturated carbocycles. The van der Waals surface area contributed by atoms with Gasteiger partial charge in [0.15, 0.2) is 11.6 Å². The lowest BCUT2D eigenvalue weighted by molar-refractivity contribution is -0.402. The topological polar surface area (TPSA) is 124 Å². The molecule has 0 saturated heterocycles. The predicted molar refractivity (Wildman–Crippen MR) is 82.9 cm³/mol. The molecule has 1 amide bonds. The molecule has 0 aromatic carbocycles. The van der Waals surface area contributed by atoms with Gasteiger partial charge in [-0.15, -0.1) is 11.3 Å². The molecule has 0 radical (unpaired) electrons. The monoisotopic (exact) mass is 346 g/mol. The average molecular weight is 346 g/mol. The fourth-order valence-corrected chi connectivity index (χ4v) is 2.91. The molecule has 9 nitrogen and oxygen atoms in total. The normalized spacial score (nSPS) is 13.8. The zero-order chi connectivity index (χ0) is 16.7. The Kier molecular flexibility index (Phi) is 3.38. The number of rotatable bonds is 5. The van der Waals surface area contributed by atoms with Crippen molar-refractivity contribution in [1.82, 2.24) is 10.1 Å². The van der Waals surface area contributed by atoms with Crippen LogP contribution >= 0.6 is 11.3 Å². The number of anilines is 1. The van der Waals surface area contributed by atoms with E-state index in [0.29, 0.717) is 28.2 Å². The van der Waals surface area contributed by atoms with E-state index in [2.05, 4.69) is 15.5 Å². The molecule has 0 unspecified atom stereocenters. The number of nitrogens with zero attached hydrogens (tertiary/aromatic N) is 3. The lowest BCUT2D eigenvalue weighted by Gasteiger charge is -2.01. The number of amides is 1. The highest BCUT2D eigenvalue weighted by molar-refractivity contribution is 7.14. The van der Waals surface area contributed by atoms with Crippen LogP contribution in [-0.2, 0) is 0 Å². The predicted octanol–water partition coefficient (Wildman–Crippen LogP) is 3.43. The first-order valence-corrected chi connectivity index (χ1v) is 7.97. The van der Waals surface area contributed by atoms with Crippen LogP contribution in [0.3, 0.4) is 0 Å². The Hall–Kier alpha value is -3.01. The molecular formula is C14H10N4O5S. The van der Waals surface area contributed by atoms with Crippen molar-refractivity contribution in [3.8, 4) is 10.8 Å². The van der Waals surface area contributed by atoms with Gasteiger partial charge in [0.1, 0.15) is 9.80 Å². The van der Waals surface area contributed by atoms with E-state index in [1.807, 2.05) is 0 Å². The molecule has 0 aliphatic heterocycles. The summed E-state index contributed by atoms with van der Waals surface area (Å²) in [6.07, 6.45) is 2.12. The number of aromatic nitrogens is 2. The van der Waals surface area contributed by atoms with Crippen molar-refractivity contribution in [3.63, 3.8) is 0 Å². The molecule has 1 fully saturated rings. The molecule has 1 aliphatic carbocycles. The van der Waals surface area contributed by atoms with Crippen molar-refractivity contribution in [1.29, 1.82) is 0 Å². The Morgan fingerprint density at radius 1 is 1.38 bits per heavy atom. The first kappa shape index (κ1) is 14.6. The molecule has 3 aromatic heterocycles. The molecule has 0 spiro atoms. The minimum absolute atomic E-state index is 0.150. The fourth-order valence-electron chi connectivity index (χ4n) is 2.14. The highest BCUT2D eigenvalue weighted by Gasteiger charge is 2.29. The van der Waals surface area contributed by atoms with Gasteiger partial charge in [0.25, 0.3) is 11.8 Å². The Balaban J connectivity index is 1.55. The van der Waals surface area contributed by atoms with Gasteiger partial charge in [-0.1, -0.05) is 5.16 Å². The second-order valence-electron chi connectivity index (χ2n) is 5.24. The summed E-state index contributed by atoms with van der Waals surface area (Å²) in [6.45, 7) is 0. The van der Waals surface area contributed by atoms with Crippen LogP contribution in [0.4, 0.5) is 11.6 Å². The third kappa shape index (κ3) is 2.67. The first-order chi connectivity index (χ1) is 11.6. The summed E-state index contributed by atoms with van der Waals surface area (Å²) in [5.74, 6) is 0.151. The van der Waals surface area contributed by atoms with Crippen LogP contribution in [0.2, 0.25) is 0 Å². The van der Waals surface area contributed by atoms with Gasteiger partial charge >= 0.3 is 5.88 Å². The SMILES string of the molecule is O=C(Nc1ccsc1-c1nc(C2CC2)no1)c1ccc([N+](=O)[O-])o1. The van der Waals surface area contributed by atoms with Gasteiger partial charge in [-0.3, -0.25) is 14.9 Å². The summed E-state index contributed by atoms with van der Waals surface area (Å²) in [5, 5.41) is 19.0. The minimum Gasteiger partial charge on any atom is -0.395 e. The van der Waals surface area contributed by atoms with Crippen LogP contribution in [0.15, 0.2) is 32.5 Å². The van der Waals surface area contributed by atoms with Crippen LogP contribution in [-0.4, -0.2) is 21.0 Å². The molecule has 122 valence electrons. The Bertz CT molecular complexity index is 923. The molecule has 1 aliphatic rings. The standard InChI is InChI=1S/C14H10N4O5S/c19-13(9-3-4-10(22-9)18(20)21)15-8-5-6-24-11(8)14-16-12(17-23-14)7-1-2-7/h3-7H,1-2H2,(H,15,19). The van der Waals surface area contributed by atoms with Gasteiger partial charge in [-0.2, -0.15) is 4.98 Å². The summed E-state index contributed by atoms with van der Waals surface area (Å²) < 4.78 is 10.1. The van der Waals surface area contributed by atoms with Gasteiger partial charge in [0.05, 0.1) is 11.8 Å². The molecule has 3 heterocycles. The van der Waals surface area contributed by atoms with E-state index in [1.165, 1.54) is 17.4 Å². The lowest BCUT2D eigenvalue weighted by Crippen LogP contribution is -2.10. The number of furan rings is 1. The van der Waals surface area contributed by atoms with Crippen LogP contribution in [0.5, 0.6) is 0 Å². The summed E-state index contributed by atoms with van der Waals surface area (Å²) >= 11 is 1.35. The highest BCUT2D eigenvalue weighted by Crippen LogP contribution is 2.40. The Labute approximate surface area is 138 Å². The van der Waals surface area contributed by atoms with Crippen molar-refractivity contribution >= 4 is 28.8 Å². The van der Waals surface area contributed by atoms with Crippen LogP contribution in [0, 0.1) is 10.1 Å². The summed E-state index contributed by atoms with van der Waals surface area (Å²) in [6, 6.07) is 4.07. The van der Waals surface area contributed by atoms with Crippen molar-refractivity contribution in [2.45, 2.75) is 18.8 Å². The third-order valence-electron chi connectivity index (χ3n) is 3.49. The minimum atomic E-state index is -0.704. The largest absolute Gasteiger partial charge is 0.433 e. The van der Waals surface area contributed by atoms with E-state index >= 15 is 0 Å². The summed E-state index contributed by atoms with van der Waals surface area (Å²) in [5.41, 5.74) is 0.482. The lowest BCUT2D eigenvalue weighted by atomic mass is 10.3. The maximum Gasteiger partial charge on any atom is 0.433 e. The number of nitrogens with one attached hydrogen (secondary N) is 1. The average Bonchev–Trinajstić information content (AvgIpc) is 2.98. The fraction of sp³-hybridized carbons (Fsp3) is 0.214. The number of carbonyl (C=O) groups excluding carboxylic acids is 1. The molecule has 0 bridgehead atoms. The van der Waals surface area contributed by atoms with E-state index in [9.17, 15) is 14.9 Å². The molecular weight excluding hydrogens is 336 g/mol. The Morgan fingerprint density at radius 2 is 2.21 bits per heavy atom. The summed E-state index contributed by atoms with van der Waals surface area (Å²) in [7, 11) is 0. The van der Waals surface area contributed by atoms with Crippen LogP contribution < -0.4 is 5.32 Å². The van der Waals surface area contributed by atoms with Crippen molar-refractivity contribution in [3.05, 3.63) is 45.3 Å². The second kappa shape index (κ2) is 5.57. The molecule has 10 heteroatoms. The molecule has 1 N–H and O–H groups in total.